The van der Waals surface area contributed by atoms with E-state index in [9.17, 15) is 24.3 Å². The van der Waals surface area contributed by atoms with Crippen molar-refractivity contribution < 1.29 is 33.5 Å². The molecule has 0 aliphatic carbocycles. The van der Waals surface area contributed by atoms with Crippen LogP contribution in [0.4, 0.5) is 11.4 Å². The Bertz CT molecular complexity index is 1360. The van der Waals surface area contributed by atoms with Gasteiger partial charge in [0.1, 0.15) is 0 Å². The standard InChI is InChI=1S/C25H25N5O8/c31-19(22(32)26-17-5-1-15(2-6-17)21-27-25(35)38-28-21)20-24(34)30(11-14-37-20)18-7-3-16(4-8-18)23(33)29-9-12-36-13-10-29/h1-8,19-20,31H,9-14H2,(H,26,32)(H,27,28,35)/t19-,20-/m1/s1. The predicted molar refractivity (Wildman–Crippen MR) is 132 cm³/mol. The molecule has 13 nitrogen and oxygen atoms in total. The fourth-order valence-electron chi connectivity index (χ4n) is 4.24. The summed E-state index contributed by atoms with van der Waals surface area (Å²) < 4.78 is 15.2. The Balaban J connectivity index is 1.22. The van der Waals surface area contributed by atoms with Gasteiger partial charge < -0.3 is 29.7 Å². The fraction of sp³-hybridized carbons (Fsp3) is 0.320. The summed E-state index contributed by atoms with van der Waals surface area (Å²) in [5, 5.41) is 16.8. The lowest BCUT2D eigenvalue weighted by atomic mass is 10.1. The van der Waals surface area contributed by atoms with Crippen molar-refractivity contribution in [3.63, 3.8) is 0 Å². The van der Waals surface area contributed by atoms with E-state index in [1.165, 1.54) is 4.90 Å². The quantitative estimate of drug-likeness (QED) is 0.410. The lowest BCUT2D eigenvalue weighted by molar-refractivity contribution is -0.150. The number of benzene rings is 2. The second-order valence-electron chi connectivity index (χ2n) is 8.69. The van der Waals surface area contributed by atoms with Crippen LogP contribution in [0.2, 0.25) is 0 Å². The van der Waals surface area contributed by atoms with Crippen molar-refractivity contribution in [3.8, 4) is 11.4 Å². The molecule has 2 aliphatic heterocycles. The SMILES string of the molecule is O=C(Nc1ccc(-c2noc(=O)[nH]2)cc1)[C@H](O)[C@H]1OCCN(c2ccc(C(=O)N3CCOCC3)cc2)C1=O. The third-order valence-electron chi connectivity index (χ3n) is 6.27. The zero-order valence-electron chi connectivity index (χ0n) is 20.2. The molecule has 38 heavy (non-hydrogen) atoms. The third kappa shape index (κ3) is 5.34. The topological polar surface area (TPSA) is 167 Å². The van der Waals surface area contributed by atoms with Gasteiger partial charge in [0.25, 0.3) is 17.7 Å². The number of rotatable bonds is 6. The number of anilines is 2. The monoisotopic (exact) mass is 523 g/mol. The fourth-order valence-corrected chi connectivity index (χ4v) is 4.24. The van der Waals surface area contributed by atoms with Gasteiger partial charge in [0.15, 0.2) is 18.0 Å². The van der Waals surface area contributed by atoms with Crippen molar-refractivity contribution in [2.75, 3.05) is 49.7 Å². The Kier molecular flexibility index (Phi) is 7.31. The van der Waals surface area contributed by atoms with Gasteiger partial charge in [-0.25, -0.2) is 4.79 Å². The number of nitrogens with zero attached hydrogens (tertiary/aromatic N) is 3. The summed E-state index contributed by atoms with van der Waals surface area (Å²) in [6, 6.07) is 12.9. The first-order valence-corrected chi connectivity index (χ1v) is 12.0. The van der Waals surface area contributed by atoms with Gasteiger partial charge >= 0.3 is 5.76 Å². The number of carbonyl (C=O) groups excluding carboxylic acids is 3. The van der Waals surface area contributed by atoms with E-state index in [4.69, 9.17) is 9.47 Å². The van der Waals surface area contributed by atoms with Crippen molar-refractivity contribution in [3.05, 3.63) is 64.6 Å². The van der Waals surface area contributed by atoms with Crippen LogP contribution >= 0.6 is 0 Å². The number of ether oxygens (including phenoxy) is 2. The van der Waals surface area contributed by atoms with Crippen molar-refractivity contribution >= 4 is 29.1 Å². The van der Waals surface area contributed by atoms with Gasteiger partial charge in [-0.1, -0.05) is 5.16 Å². The van der Waals surface area contributed by atoms with Crippen molar-refractivity contribution in [2.45, 2.75) is 12.2 Å². The molecule has 0 unspecified atom stereocenters. The maximum atomic E-state index is 13.1. The van der Waals surface area contributed by atoms with Crippen LogP contribution < -0.4 is 16.0 Å². The highest BCUT2D eigenvalue weighted by Crippen LogP contribution is 2.23. The Hall–Kier alpha value is -4.33. The smallest absolute Gasteiger partial charge is 0.380 e. The van der Waals surface area contributed by atoms with E-state index < -0.39 is 29.8 Å². The summed E-state index contributed by atoms with van der Waals surface area (Å²) in [7, 11) is 0. The second kappa shape index (κ2) is 11.0. The minimum absolute atomic E-state index is 0.111. The molecule has 2 fully saturated rings. The van der Waals surface area contributed by atoms with Crippen LogP contribution in [0.3, 0.4) is 0 Å². The van der Waals surface area contributed by atoms with Gasteiger partial charge in [-0.3, -0.25) is 23.9 Å². The predicted octanol–water partition coefficient (Wildman–Crippen LogP) is 0.234. The number of aliphatic hydroxyl groups is 1. The lowest BCUT2D eigenvalue weighted by Crippen LogP contribution is -2.55. The Morgan fingerprint density at radius 1 is 1.00 bits per heavy atom. The molecule has 3 aromatic rings. The average Bonchev–Trinajstić information content (AvgIpc) is 3.39. The molecule has 3 amide bonds. The number of hydrogen-bond donors (Lipinski definition) is 3. The summed E-state index contributed by atoms with van der Waals surface area (Å²) in [4.78, 5) is 55.2. The highest BCUT2D eigenvalue weighted by atomic mass is 16.5. The zero-order valence-corrected chi connectivity index (χ0v) is 20.2. The Morgan fingerprint density at radius 2 is 1.71 bits per heavy atom. The van der Waals surface area contributed by atoms with E-state index in [1.807, 2.05) is 0 Å². The molecular weight excluding hydrogens is 498 g/mol. The number of aromatic amines is 1. The normalized spacial score (nSPS) is 18.8. The van der Waals surface area contributed by atoms with E-state index in [0.29, 0.717) is 48.8 Å². The molecule has 0 radical (unpaired) electrons. The van der Waals surface area contributed by atoms with E-state index in [-0.39, 0.29) is 24.9 Å². The van der Waals surface area contributed by atoms with Gasteiger partial charge in [0.2, 0.25) is 0 Å². The molecule has 2 aromatic carbocycles. The maximum Gasteiger partial charge on any atom is 0.439 e. The molecule has 2 aliphatic rings. The summed E-state index contributed by atoms with van der Waals surface area (Å²) in [5.74, 6) is -1.96. The van der Waals surface area contributed by atoms with Crippen molar-refractivity contribution in [2.24, 2.45) is 0 Å². The first-order chi connectivity index (χ1) is 18.4. The second-order valence-corrected chi connectivity index (χ2v) is 8.69. The molecule has 0 saturated carbocycles. The molecular formula is C25H25N5O8. The van der Waals surface area contributed by atoms with E-state index in [0.717, 1.165) is 0 Å². The number of aromatic nitrogens is 2. The highest BCUT2D eigenvalue weighted by Gasteiger charge is 2.39. The molecule has 1 aromatic heterocycles. The number of morpholine rings is 2. The van der Waals surface area contributed by atoms with Gasteiger partial charge in [-0.2, -0.15) is 0 Å². The van der Waals surface area contributed by atoms with Crippen molar-refractivity contribution in [1.29, 1.82) is 0 Å². The van der Waals surface area contributed by atoms with E-state index >= 15 is 0 Å². The van der Waals surface area contributed by atoms with Gasteiger partial charge in [0, 0.05) is 42.1 Å². The number of nitrogens with one attached hydrogen (secondary N) is 2. The minimum atomic E-state index is -1.76. The molecule has 0 spiro atoms. The van der Waals surface area contributed by atoms with Crippen LogP contribution in [0.5, 0.6) is 0 Å². The van der Waals surface area contributed by atoms with Gasteiger partial charge in [-0.05, 0) is 48.5 Å². The van der Waals surface area contributed by atoms with Gasteiger partial charge in [0.05, 0.1) is 19.8 Å². The first-order valence-electron chi connectivity index (χ1n) is 12.0. The molecule has 5 rings (SSSR count). The molecule has 2 saturated heterocycles. The lowest BCUT2D eigenvalue weighted by Gasteiger charge is -2.34. The summed E-state index contributed by atoms with van der Waals surface area (Å²) in [6.07, 6.45) is -3.17. The summed E-state index contributed by atoms with van der Waals surface area (Å²) in [5.41, 5.74) is 1.92. The number of H-pyrrole nitrogens is 1. The molecule has 13 heteroatoms. The number of carbonyl (C=O) groups is 3. The molecule has 0 bridgehead atoms. The van der Waals surface area contributed by atoms with E-state index in [1.54, 1.807) is 53.4 Å². The number of aliphatic hydroxyl groups excluding tert-OH is 1. The van der Waals surface area contributed by atoms with Crippen LogP contribution in [-0.2, 0) is 19.1 Å². The van der Waals surface area contributed by atoms with Crippen LogP contribution in [-0.4, -0.2) is 89.5 Å². The van der Waals surface area contributed by atoms with Crippen molar-refractivity contribution in [1.82, 2.24) is 15.0 Å². The molecule has 198 valence electrons. The van der Waals surface area contributed by atoms with Crippen LogP contribution in [0.25, 0.3) is 11.4 Å². The Labute approximate surface area is 215 Å². The summed E-state index contributed by atoms with van der Waals surface area (Å²) in [6.45, 7) is 2.39. The molecule has 3 N–H and O–H groups in total. The minimum Gasteiger partial charge on any atom is -0.380 e. The van der Waals surface area contributed by atoms with Crippen LogP contribution in [0, 0.1) is 0 Å². The first kappa shape index (κ1) is 25.3. The Morgan fingerprint density at radius 3 is 2.37 bits per heavy atom. The van der Waals surface area contributed by atoms with E-state index in [2.05, 4.69) is 20.0 Å². The van der Waals surface area contributed by atoms with Crippen LogP contribution in [0.15, 0.2) is 57.8 Å². The average molecular weight is 524 g/mol. The largest absolute Gasteiger partial charge is 0.439 e. The zero-order chi connectivity index (χ0) is 26.6. The molecule has 3 heterocycles. The number of hydrogen-bond acceptors (Lipinski definition) is 9. The molecule has 2 atom stereocenters. The van der Waals surface area contributed by atoms with Gasteiger partial charge in [-0.15, -0.1) is 0 Å². The van der Waals surface area contributed by atoms with Crippen LogP contribution in [0.1, 0.15) is 10.4 Å². The maximum absolute atomic E-state index is 13.1. The number of amides is 3. The summed E-state index contributed by atoms with van der Waals surface area (Å²) >= 11 is 0. The third-order valence-corrected chi connectivity index (χ3v) is 6.27. The highest BCUT2D eigenvalue weighted by molar-refractivity contribution is 6.04.